The second-order valence-electron chi connectivity index (χ2n) is 8.48. The van der Waals surface area contributed by atoms with Gasteiger partial charge in [0.25, 0.3) is 11.8 Å². The van der Waals surface area contributed by atoms with Gasteiger partial charge < -0.3 is 14.8 Å². The van der Waals surface area contributed by atoms with Crippen LogP contribution >= 0.6 is 27.5 Å². The number of ether oxygens (including phenoxy) is 2. The van der Waals surface area contributed by atoms with E-state index >= 15 is 0 Å². The summed E-state index contributed by atoms with van der Waals surface area (Å²) < 4.78 is 12.5. The van der Waals surface area contributed by atoms with Crippen molar-refractivity contribution in [3.63, 3.8) is 0 Å². The van der Waals surface area contributed by atoms with E-state index in [1.165, 1.54) is 6.21 Å². The molecule has 0 aliphatic heterocycles. The van der Waals surface area contributed by atoms with Crippen LogP contribution in [0.15, 0.2) is 76.3 Å². The van der Waals surface area contributed by atoms with Gasteiger partial charge in [-0.25, -0.2) is 5.43 Å². The Balaban J connectivity index is 1.68. The molecule has 9 heteroatoms. The summed E-state index contributed by atoms with van der Waals surface area (Å²) in [7, 11) is 0. The Labute approximate surface area is 230 Å². The number of carbonyl (C=O) groups excluding carboxylic acids is 2. The third kappa shape index (κ3) is 8.33. The van der Waals surface area contributed by atoms with Gasteiger partial charge in [0.15, 0.2) is 11.5 Å². The summed E-state index contributed by atoms with van der Waals surface area (Å²) in [5, 5.41) is 7.28. The van der Waals surface area contributed by atoms with Gasteiger partial charge in [0.1, 0.15) is 12.6 Å². The van der Waals surface area contributed by atoms with Crippen LogP contribution in [0.1, 0.15) is 42.3 Å². The van der Waals surface area contributed by atoms with Gasteiger partial charge in [-0.05, 0) is 70.2 Å². The number of benzene rings is 3. The molecule has 0 saturated carbocycles. The summed E-state index contributed by atoms with van der Waals surface area (Å²) in [6.45, 7) is 6.41. The smallest absolute Gasteiger partial charge is 0.262 e. The Morgan fingerprint density at radius 3 is 2.49 bits per heavy atom. The van der Waals surface area contributed by atoms with Crippen LogP contribution in [-0.2, 0) is 11.4 Å². The maximum Gasteiger partial charge on any atom is 0.262 e. The molecule has 0 aliphatic rings. The first kappa shape index (κ1) is 28.2. The second kappa shape index (κ2) is 13.8. The zero-order valence-electron chi connectivity index (χ0n) is 20.8. The number of hydrogen-bond acceptors (Lipinski definition) is 5. The molecule has 3 rings (SSSR count). The molecular formula is C28H29BrClN3O4. The highest BCUT2D eigenvalue weighted by molar-refractivity contribution is 9.10. The topological polar surface area (TPSA) is 89.0 Å². The lowest BCUT2D eigenvalue weighted by molar-refractivity contribution is -0.123. The molecular weight excluding hydrogens is 558 g/mol. The molecule has 0 bridgehead atoms. The number of amides is 2. The minimum absolute atomic E-state index is 0.168. The number of halogens is 2. The van der Waals surface area contributed by atoms with Gasteiger partial charge in [0.05, 0.1) is 17.3 Å². The van der Waals surface area contributed by atoms with Gasteiger partial charge >= 0.3 is 0 Å². The highest BCUT2D eigenvalue weighted by Gasteiger charge is 2.24. The summed E-state index contributed by atoms with van der Waals surface area (Å²) in [4.78, 5) is 25.4. The number of nitrogens with zero attached hydrogens (tertiary/aromatic N) is 1. The van der Waals surface area contributed by atoms with E-state index in [1.807, 2.05) is 57.2 Å². The molecule has 0 aromatic heterocycles. The highest BCUT2D eigenvalue weighted by Crippen LogP contribution is 2.37. The van der Waals surface area contributed by atoms with Crippen molar-refractivity contribution in [1.82, 2.24) is 10.7 Å². The zero-order valence-corrected chi connectivity index (χ0v) is 23.2. The van der Waals surface area contributed by atoms with Crippen molar-refractivity contribution in [2.75, 3.05) is 6.61 Å². The van der Waals surface area contributed by atoms with Crippen LogP contribution in [0.5, 0.6) is 11.5 Å². The Hall–Kier alpha value is -3.36. The van der Waals surface area contributed by atoms with Crippen molar-refractivity contribution in [2.24, 2.45) is 11.0 Å². The molecule has 0 heterocycles. The predicted molar refractivity (Wildman–Crippen MR) is 149 cm³/mol. The summed E-state index contributed by atoms with van der Waals surface area (Å²) in [6, 6.07) is 19.2. The first-order valence-corrected chi connectivity index (χ1v) is 13.0. The van der Waals surface area contributed by atoms with E-state index in [0.717, 1.165) is 5.56 Å². The van der Waals surface area contributed by atoms with Gasteiger partial charge in [-0.1, -0.05) is 61.8 Å². The van der Waals surface area contributed by atoms with Gasteiger partial charge in [-0.2, -0.15) is 5.10 Å². The molecule has 2 amide bonds. The van der Waals surface area contributed by atoms with Crippen molar-refractivity contribution in [3.05, 3.63) is 92.9 Å². The Morgan fingerprint density at radius 2 is 1.81 bits per heavy atom. The van der Waals surface area contributed by atoms with Crippen LogP contribution < -0.4 is 20.2 Å². The minimum atomic E-state index is -0.789. The Morgan fingerprint density at radius 1 is 1.05 bits per heavy atom. The molecule has 37 heavy (non-hydrogen) atoms. The fourth-order valence-corrected chi connectivity index (χ4v) is 4.19. The van der Waals surface area contributed by atoms with E-state index < -0.39 is 17.9 Å². The molecule has 1 unspecified atom stereocenters. The highest BCUT2D eigenvalue weighted by atomic mass is 79.9. The number of nitrogens with one attached hydrogen (secondary N) is 2. The fraction of sp³-hybridized carbons (Fsp3) is 0.250. The van der Waals surface area contributed by atoms with Gasteiger partial charge in [0.2, 0.25) is 0 Å². The molecule has 0 aliphatic carbocycles. The first-order valence-electron chi connectivity index (χ1n) is 11.8. The zero-order chi connectivity index (χ0) is 26.8. The van der Waals surface area contributed by atoms with Gasteiger partial charge in [-0.3, -0.25) is 9.59 Å². The van der Waals surface area contributed by atoms with E-state index in [9.17, 15) is 9.59 Å². The van der Waals surface area contributed by atoms with Crippen molar-refractivity contribution in [1.29, 1.82) is 0 Å². The molecule has 194 valence electrons. The van der Waals surface area contributed by atoms with Crippen LogP contribution in [0.3, 0.4) is 0 Å². The molecule has 3 aromatic carbocycles. The average molecular weight is 587 g/mol. The summed E-state index contributed by atoms with van der Waals surface area (Å²) >= 11 is 9.52. The van der Waals surface area contributed by atoms with E-state index in [1.54, 1.807) is 30.3 Å². The van der Waals surface area contributed by atoms with Crippen molar-refractivity contribution in [2.45, 2.75) is 33.4 Å². The SMILES string of the molecule is CCOc1cc(C=NNC(=O)C(NC(=O)c2cccc(Cl)c2)C(C)C)cc(Br)c1OCc1ccccc1. The largest absolute Gasteiger partial charge is 0.490 e. The third-order valence-corrected chi connectivity index (χ3v) is 6.09. The van der Waals surface area contributed by atoms with E-state index in [0.29, 0.717) is 45.3 Å². The monoisotopic (exact) mass is 585 g/mol. The van der Waals surface area contributed by atoms with Crippen molar-refractivity contribution >= 4 is 45.6 Å². The van der Waals surface area contributed by atoms with Crippen LogP contribution in [0.2, 0.25) is 5.02 Å². The molecule has 2 N–H and O–H groups in total. The predicted octanol–water partition coefficient (Wildman–Crippen LogP) is 5.98. The molecule has 1 atom stereocenters. The average Bonchev–Trinajstić information content (AvgIpc) is 2.87. The number of rotatable bonds is 11. The molecule has 3 aromatic rings. The maximum atomic E-state index is 12.8. The standard InChI is InChI=1S/C28H29BrClN3O4/c1-4-36-24-14-20(13-23(29)26(24)37-17-19-9-6-5-7-10-19)16-31-33-28(35)25(18(2)3)32-27(34)21-11-8-12-22(30)15-21/h5-16,18,25H,4,17H2,1-3H3,(H,32,34)(H,33,35). The lowest BCUT2D eigenvalue weighted by atomic mass is 10.0. The fourth-order valence-electron chi connectivity index (χ4n) is 3.42. The van der Waals surface area contributed by atoms with Gasteiger partial charge in [0, 0.05) is 10.6 Å². The van der Waals surface area contributed by atoms with Gasteiger partial charge in [-0.15, -0.1) is 0 Å². The van der Waals surface area contributed by atoms with E-state index in [2.05, 4.69) is 31.8 Å². The Bertz CT molecular complexity index is 1250. The molecule has 7 nitrogen and oxygen atoms in total. The van der Waals surface area contributed by atoms with Crippen LogP contribution in [0, 0.1) is 5.92 Å². The van der Waals surface area contributed by atoms with E-state index in [-0.39, 0.29) is 5.92 Å². The lowest BCUT2D eigenvalue weighted by Crippen LogP contribution is -2.48. The minimum Gasteiger partial charge on any atom is -0.490 e. The lowest BCUT2D eigenvalue weighted by Gasteiger charge is -2.20. The Kier molecular flexibility index (Phi) is 10.5. The maximum absolute atomic E-state index is 12.8. The summed E-state index contributed by atoms with van der Waals surface area (Å²) in [5.74, 6) is 0.133. The van der Waals surface area contributed by atoms with Crippen LogP contribution in [0.25, 0.3) is 0 Å². The molecule has 0 radical (unpaired) electrons. The van der Waals surface area contributed by atoms with Crippen molar-refractivity contribution in [3.8, 4) is 11.5 Å². The number of hydrogen-bond donors (Lipinski definition) is 2. The quantitative estimate of drug-likeness (QED) is 0.214. The number of carbonyl (C=O) groups is 2. The second-order valence-corrected chi connectivity index (χ2v) is 9.77. The summed E-state index contributed by atoms with van der Waals surface area (Å²) in [5.41, 5.74) is 4.61. The molecule has 0 saturated heterocycles. The number of hydrazone groups is 1. The molecule has 0 fully saturated rings. The summed E-state index contributed by atoms with van der Waals surface area (Å²) in [6.07, 6.45) is 1.50. The first-order chi connectivity index (χ1) is 17.8. The normalized spacial score (nSPS) is 11.8. The van der Waals surface area contributed by atoms with Crippen molar-refractivity contribution < 1.29 is 19.1 Å². The third-order valence-electron chi connectivity index (χ3n) is 5.27. The van der Waals surface area contributed by atoms with Crippen LogP contribution in [-0.4, -0.2) is 30.7 Å². The molecule has 0 spiro atoms. The van der Waals surface area contributed by atoms with Crippen LogP contribution in [0.4, 0.5) is 0 Å². The van der Waals surface area contributed by atoms with E-state index in [4.69, 9.17) is 21.1 Å².